The summed E-state index contributed by atoms with van der Waals surface area (Å²) in [6.07, 6.45) is 1.77. The van der Waals surface area contributed by atoms with E-state index in [2.05, 4.69) is 0 Å². The highest BCUT2D eigenvalue weighted by Crippen LogP contribution is 2.16. The van der Waals surface area contributed by atoms with Crippen LogP contribution in [0.3, 0.4) is 0 Å². The van der Waals surface area contributed by atoms with Gasteiger partial charge in [0.05, 0.1) is 17.9 Å². The summed E-state index contributed by atoms with van der Waals surface area (Å²) >= 11 is 0. The van der Waals surface area contributed by atoms with E-state index in [9.17, 15) is 12.8 Å². The number of hydrogen-bond donors (Lipinski definition) is 0. The summed E-state index contributed by atoms with van der Waals surface area (Å²) in [4.78, 5) is 0. The number of rotatable bonds is 7. The van der Waals surface area contributed by atoms with Crippen LogP contribution in [-0.4, -0.2) is 20.8 Å². The van der Waals surface area contributed by atoms with Crippen molar-refractivity contribution in [1.29, 1.82) is 5.26 Å². The Morgan fingerprint density at radius 1 is 1.32 bits per heavy atom. The number of benzene rings is 1. The fourth-order valence-electron chi connectivity index (χ4n) is 1.42. The lowest BCUT2D eigenvalue weighted by molar-refractivity contribution is 0.305. The Labute approximate surface area is 116 Å². The third-order valence-corrected chi connectivity index (χ3v) is 3.60. The van der Waals surface area contributed by atoms with E-state index < -0.39 is 14.9 Å². The minimum Gasteiger partial charge on any atom is -0.493 e. The average Bonchev–Trinajstić information content (AvgIpc) is 2.32. The van der Waals surface area contributed by atoms with Gasteiger partial charge in [-0.15, -0.1) is 0 Å². The van der Waals surface area contributed by atoms with Crippen LogP contribution in [0.4, 0.5) is 4.39 Å². The molecule has 0 fully saturated rings. The van der Waals surface area contributed by atoms with E-state index in [0.717, 1.165) is 6.07 Å². The molecule has 1 aromatic carbocycles. The molecule has 1 aromatic rings. The van der Waals surface area contributed by atoms with Crippen molar-refractivity contribution in [3.63, 3.8) is 0 Å². The van der Waals surface area contributed by atoms with E-state index in [4.69, 9.17) is 20.7 Å². The topological polar surface area (TPSA) is 67.2 Å². The molecule has 19 heavy (non-hydrogen) atoms. The summed E-state index contributed by atoms with van der Waals surface area (Å²) in [7, 11) is 1.64. The molecule has 0 unspecified atom stereocenters. The Morgan fingerprint density at radius 3 is 2.63 bits per heavy atom. The lowest BCUT2D eigenvalue weighted by Gasteiger charge is -2.06. The van der Waals surface area contributed by atoms with Gasteiger partial charge in [0.2, 0.25) is 9.05 Å². The first kappa shape index (κ1) is 15.7. The summed E-state index contributed by atoms with van der Waals surface area (Å²) in [6.45, 7) is 0.355. The second kappa shape index (κ2) is 7.31. The molecule has 4 nitrogen and oxygen atoms in total. The zero-order valence-electron chi connectivity index (χ0n) is 10.1. The van der Waals surface area contributed by atoms with E-state index in [1.807, 2.05) is 0 Å². The molecule has 0 heterocycles. The fraction of sp³-hybridized carbons (Fsp3) is 0.417. The Morgan fingerprint density at radius 2 is 2.05 bits per heavy atom. The molecule has 0 aliphatic rings. The van der Waals surface area contributed by atoms with Crippen molar-refractivity contribution in [2.75, 3.05) is 12.4 Å². The molecular weight excluding hydrogens is 293 g/mol. The number of hydrogen-bond acceptors (Lipinski definition) is 4. The molecule has 0 saturated carbocycles. The van der Waals surface area contributed by atoms with E-state index in [1.54, 1.807) is 6.07 Å². The molecule has 0 atom stereocenters. The lowest BCUT2D eigenvalue weighted by Crippen LogP contribution is -2.01. The van der Waals surface area contributed by atoms with Crippen LogP contribution in [0.15, 0.2) is 18.2 Å². The molecule has 1 rings (SSSR count). The van der Waals surface area contributed by atoms with Crippen molar-refractivity contribution >= 4 is 19.7 Å². The van der Waals surface area contributed by atoms with Gasteiger partial charge in [-0.25, -0.2) is 12.8 Å². The van der Waals surface area contributed by atoms with E-state index in [-0.39, 0.29) is 11.3 Å². The van der Waals surface area contributed by atoms with Crippen molar-refractivity contribution < 1.29 is 17.5 Å². The largest absolute Gasteiger partial charge is 0.493 e. The zero-order valence-corrected chi connectivity index (χ0v) is 11.7. The van der Waals surface area contributed by atoms with Crippen LogP contribution in [-0.2, 0) is 9.05 Å². The number of nitriles is 1. The van der Waals surface area contributed by atoms with Gasteiger partial charge in [-0.3, -0.25) is 0 Å². The van der Waals surface area contributed by atoms with Crippen molar-refractivity contribution in [1.82, 2.24) is 0 Å². The highest BCUT2D eigenvalue weighted by Gasteiger charge is 2.05. The summed E-state index contributed by atoms with van der Waals surface area (Å²) < 4.78 is 39.8. The maximum absolute atomic E-state index is 13.2. The van der Waals surface area contributed by atoms with Crippen molar-refractivity contribution in [2.45, 2.75) is 19.3 Å². The normalized spacial score (nSPS) is 11.0. The van der Waals surface area contributed by atoms with Crippen LogP contribution >= 0.6 is 10.7 Å². The minimum absolute atomic E-state index is 0.0281. The van der Waals surface area contributed by atoms with Gasteiger partial charge in [-0.1, -0.05) is 0 Å². The SMILES string of the molecule is N#Cc1ccc(OCCCCCS(=O)(=O)Cl)cc1F. The van der Waals surface area contributed by atoms with E-state index >= 15 is 0 Å². The monoisotopic (exact) mass is 305 g/mol. The Balaban J connectivity index is 2.27. The summed E-state index contributed by atoms with van der Waals surface area (Å²) in [6, 6.07) is 5.75. The van der Waals surface area contributed by atoms with Gasteiger partial charge in [-0.2, -0.15) is 5.26 Å². The van der Waals surface area contributed by atoms with Crippen molar-refractivity contribution in [3.05, 3.63) is 29.6 Å². The Hall–Kier alpha value is -1.32. The highest BCUT2D eigenvalue weighted by atomic mass is 35.7. The molecule has 104 valence electrons. The molecule has 0 spiro atoms. The molecular formula is C12H13ClFNO3S. The first-order chi connectivity index (χ1) is 8.92. The van der Waals surface area contributed by atoms with Crippen LogP contribution < -0.4 is 4.74 Å². The fourth-order valence-corrected chi connectivity index (χ4v) is 2.30. The van der Waals surface area contributed by atoms with Crippen LogP contribution in [0.5, 0.6) is 5.75 Å². The number of ether oxygens (including phenoxy) is 1. The van der Waals surface area contributed by atoms with Crippen molar-refractivity contribution in [2.24, 2.45) is 0 Å². The summed E-state index contributed by atoms with van der Waals surface area (Å²) in [5.74, 6) is -0.324. The van der Waals surface area contributed by atoms with Gasteiger partial charge >= 0.3 is 0 Å². The smallest absolute Gasteiger partial charge is 0.232 e. The van der Waals surface area contributed by atoms with Crippen molar-refractivity contribution in [3.8, 4) is 11.8 Å². The first-order valence-corrected chi connectivity index (χ1v) is 8.15. The van der Waals surface area contributed by atoms with Crippen LogP contribution in [0.25, 0.3) is 0 Å². The van der Waals surface area contributed by atoms with Crippen LogP contribution in [0, 0.1) is 17.1 Å². The molecule has 7 heteroatoms. The highest BCUT2D eigenvalue weighted by molar-refractivity contribution is 8.13. The Bertz CT molecular complexity index is 569. The lowest BCUT2D eigenvalue weighted by atomic mass is 10.2. The van der Waals surface area contributed by atoms with Crippen LogP contribution in [0.1, 0.15) is 24.8 Å². The average molecular weight is 306 g/mol. The molecule has 0 bridgehead atoms. The standard InChI is InChI=1S/C12H13ClFNO3S/c13-19(16,17)7-3-1-2-6-18-11-5-4-10(9-15)12(14)8-11/h4-5,8H,1-3,6-7H2. The van der Waals surface area contributed by atoms with Gasteiger partial charge in [0.1, 0.15) is 17.6 Å². The number of nitrogens with zero attached hydrogens (tertiary/aromatic N) is 1. The van der Waals surface area contributed by atoms with Gasteiger partial charge in [0.25, 0.3) is 0 Å². The first-order valence-electron chi connectivity index (χ1n) is 5.67. The quantitative estimate of drug-likeness (QED) is 0.574. The number of halogens is 2. The molecule has 0 N–H and O–H groups in total. The molecule has 0 aliphatic heterocycles. The van der Waals surface area contributed by atoms with Gasteiger partial charge in [-0.05, 0) is 31.4 Å². The molecule has 0 amide bonds. The summed E-state index contributed by atoms with van der Waals surface area (Å²) in [5, 5.41) is 8.56. The zero-order chi connectivity index (χ0) is 14.3. The predicted octanol–water partition coefficient (Wildman–Crippen LogP) is 2.82. The molecule has 0 aliphatic carbocycles. The predicted molar refractivity (Wildman–Crippen MR) is 70.1 cm³/mol. The summed E-state index contributed by atoms with van der Waals surface area (Å²) in [5.41, 5.74) is -0.0281. The molecule has 0 aromatic heterocycles. The number of unbranched alkanes of at least 4 members (excludes halogenated alkanes) is 2. The molecule has 0 radical (unpaired) electrons. The second-order valence-corrected chi connectivity index (χ2v) is 6.80. The van der Waals surface area contributed by atoms with Gasteiger partial charge in [0.15, 0.2) is 0 Å². The second-order valence-electron chi connectivity index (χ2n) is 3.91. The van der Waals surface area contributed by atoms with E-state index in [0.29, 0.717) is 31.6 Å². The minimum atomic E-state index is -3.43. The van der Waals surface area contributed by atoms with Gasteiger partial charge < -0.3 is 4.74 Å². The molecule has 0 saturated heterocycles. The van der Waals surface area contributed by atoms with Crippen LogP contribution in [0.2, 0.25) is 0 Å². The third-order valence-electron chi connectivity index (χ3n) is 2.36. The van der Waals surface area contributed by atoms with E-state index in [1.165, 1.54) is 12.1 Å². The maximum atomic E-state index is 13.2. The Kier molecular flexibility index (Phi) is 6.06. The van der Waals surface area contributed by atoms with Gasteiger partial charge in [0, 0.05) is 16.7 Å². The third kappa shape index (κ3) is 6.41. The maximum Gasteiger partial charge on any atom is 0.232 e.